The number of hydrogen-bond acceptors (Lipinski definition) is 4. The average Bonchev–Trinajstić information content (AvgIpc) is 2.91. The molecule has 0 aliphatic carbocycles. The normalized spacial score (nSPS) is 15.0. The molecule has 2 heterocycles. The van der Waals surface area contributed by atoms with E-state index >= 15 is 0 Å². The van der Waals surface area contributed by atoms with Crippen molar-refractivity contribution in [2.24, 2.45) is 5.41 Å². The lowest BCUT2D eigenvalue weighted by molar-refractivity contribution is 0.291. The first-order chi connectivity index (χ1) is 12.0. The molecule has 5 nitrogen and oxygen atoms in total. The number of nitrogens with zero attached hydrogens (tertiary/aromatic N) is 3. The second-order valence-corrected chi connectivity index (χ2v) is 7.68. The van der Waals surface area contributed by atoms with E-state index in [2.05, 4.69) is 10.3 Å². The van der Waals surface area contributed by atoms with Crippen molar-refractivity contribution in [1.82, 2.24) is 9.66 Å². The molecule has 1 aromatic carbocycles. The third-order valence-electron chi connectivity index (χ3n) is 4.67. The van der Waals surface area contributed by atoms with E-state index in [0.29, 0.717) is 24.7 Å². The van der Waals surface area contributed by atoms with Crippen molar-refractivity contribution in [3.63, 3.8) is 0 Å². The molecule has 0 amide bonds. The molecular formula is C17H19ClF3N5. The first-order valence-corrected chi connectivity index (χ1v) is 8.43. The molecule has 1 unspecified atom stereocenters. The highest BCUT2D eigenvalue weighted by Crippen LogP contribution is 2.32. The molecule has 9 heteroatoms. The SMILES string of the molecule is CC(N1CNc2nc(Cl)c(-c3c(F)cc(F)cc3F)c(=N)n21)C(C)(C)C. The number of rotatable bonds is 2. The van der Waals surface area contributed by atoms with Crippen LogP contribution in [-0.2, 0) is 0 Å². The van der Waals surface area contributed by atoms with Crippen LogP contribution in [0.25, 0.3) is 11.1 Å². The van der Waals surface area contributed by atoms with Crippen molar-refractivity contribution in [3.8, 4) is 11.1 Å². The lowest BCUT2D eigenvalue weighted by Crippen LogP contribution is -2.50. The van der Waals surface area contributed by atoms with E-state index < -0.39 is 23.0 Å². The maximum atomic E-state index is 14.3. The minimum atomic E-state index is -1.14. The molecule has 26 heavy (non-hydrogen) atoms. The number of aromatic nitrogens is 2. The van der Waals surface area contributed by atoms with Gasteiger partial charge in [-0.25, -0.2) is 22.8 Å². The van der Waals surface area contributed by atoms with E-state index in [-0.39, 0.29) is 27.7 Å². The van der Waals surface area contributed by atoms with E-state index in [1.165, 1.54) is 4.68 Å². The van der Waals surface area contributed by atoms with Crippen LogP contribution in [0.1, 0.15) is 27.7 Å². The molecule has 1 aliphatic heterocycles. The van der Waals surface area contributed by atoms with Gasteiger partial charge in [0.25, 0.3) is 0 Å². The Kier molecular flexibility index (Phi) is 4.42. The number of nitrogens with one attached hydrogen (secondary N) is 2. The van der Waals surface area contributed by atoms with E-state index in [9.17, 15) is 13.2 Å². The first kappa shape index (κ1) is 18.6. The molecule has 1 aromatic heterocycles. The predicted molar refractivity (Wildman–Crippen MR) is 94.0 cm³/mol. The molecule has 0 bridgehead atoms. The number of fused-ring (bicyclic) bond motifs is 1. The highest BCUT2D eigenvalue weighted by molar-refractivity contribution is 6.32. The second kappa shape index (κ2) is 6.19. The lowest BCUT2D eigenvalue weighted by Gasteiger charge is -2.36. The number of hydrogen-bond donors (Lipinski definition) is 2. The van der Waals surface area contributed by atoms with Crippen LogP contribution in [0.4, 0.5) is 19.1 Å². The molecule has 2 aromatic rings. The number of anilines is 1. The van der Waals surface area contributed by atoms with Crippen molar-refractivity contribution in [2.45, 2.75) is 33.7 Å². The van der Waals surface area contributed by atoms with Gasteiger partial charge in [0, 0.05) is 18.2 Å². The van der Waals surface area contributed by atoms with Gasteiger partial charge in [0.2, 0.25) is 5.95 Å². The molecule has 0 spiro atoms. The minimum Gasteiger partial charge on any atom is -0.335 e. The summed E-state index contributed by atoms with van der Waals surface area (Å²) >= 11 is 6.12. The Balaban J connectivity index is 2.25. The summed E-state index contributed by atoms with van der Waals surface area (Å²) < 4.78 is 43.2. The monoisotopic (exact) mass is 385 g/mol. The highest BCUT2D eigenvalue weighted by atomic mass is 35.5. The largest absolute Gasteiger partial charge is 0.335 e. The van der Waals surface area contributed by atoms with Crippen LogP contribution in [0.3, 0.4) is 0 Å². The first-order valence-electron chi connectivity index (χ1n) is 8.05. The predicted octanol–water partition coefficient (Wildman–Crippen LogP) is 3.86. The fraction of sp³-hybridized carbons (Fsp3) is 0.412. The summed E-state index contributed by atoms with van der Waals surface area (Å²) in [5, 5.41) is 13.1. The van der Waals surface area contributed by atoms with Gasteiger partial charge in [-0.15, -0.1) is 0 Å². The molecular weight excluding hydrogens is 367 g/mol. The third-order valence-corrected chi connectivity index (χ3v) is 4.95. The average molecular weight is 386 g/mol. The van der Waals surface area contributed by atoms with E-state index in [0.717, 1.165) is 0 Å². The van der Waals surface area contributed by atoms with Crippen molar-refractivity contribution >= 4 is 17.5 Å². The van der Waals surface area contributed by atoms with Crippen LogP contribution in [0, 0.1) is 28.3 Å². The minimum absolute atomic E-state index is 0.0240. The Morgan fingerprint density at radius 2 is 1.77 bits per heavy atom. The van der Waals surface area contributed by atoms with Crippen molar-refractivity contribution in [3.05, 3.63) is 40.2 Å². The highest BCUT2D eigenvalue weighted by Gasteiger charge is 2.33. The summed E-state index contributed by atoms with van der Waals surface area (Å²) in [5.41, 5.74) is -1.15. The maximum absolute atomic E-state index is 14.3. The van der Waals surface area contributed by atoms with Crippen LogP contribution in [0.2, 0.25) is 5.15 Å². The fourth-order valence-electron chi connectivity index (χ4n) is 2.85. The topological polar surface area (TPSA) is 56.9 Å². The van der Waals surface area contributed by atoms with E-state index in [1.807, 2.05) is 32.7 Å². The van der Waals surface area contributed by atoms with Gasteiger partial charge in [-0.05, 0) is 12.3 Å². The van der Waals surface area contributed by atoms with Gasteiger partial charge >= 0.3 is 0 Å². The standard InChI is InChI=1S/C17H19ClF3N5/c1-8(17(2,3)4)25-7-23-16-24-14(18)13(15(22)26(16)25)12-10(20)5-9(19)6-11(12)21/h5-6,8,22H,7H2,1-4H3,(H,23,24). The van der Waals surface area contributed by atoms with E-state index in [4.69, 9.17) is 17.0 Å². The smallest absolute Gasteiger partial charge is 0.226 e. The van der Waals surface area contributed by atoms with Crippen LogP contribution in [0.5, 0.6) is 0 Å². The van der Waals surface area contributed by atoms with Gasteiger partial charge < -0.3 is 5.32 Å². The summed E-state index contributed by atoms with van der Waals surface area (Å²) in [6.45, 7) is 8.48. The number of benzene rings is 1. The second-order valence-electron chi connectivity index (χ2n) is 7.32. The zero-order valence-electron chi connectivity index (χ0n) is 14.8. The molecule has 2 N–H and O–H groups in total. The van der Waals surface area contributed by atoms with Crippen molar-refractivity contribution < 1.29 is 13.2 Å². The molecule has 1 atom stereocenters. The summed E-state index contributed by atoms with van der Waals surface area (Å²) in [6, 6.07) is 1.09. The Morgan fingerprint density at radius 1 is 1.19 bits per heavy atom. The summed E-state index contributed by atoms with van der Waals surface area (Å²) in [5.74, 6) is -3.01. The van der Waals surface area contributed by atoms with Gasteiger partial charge in [0.1, 0.15) is 29.3 Å². The Bertz CT molecular complexity index is 912. The molecule has 3 rings (SSSR count). The third kappa shape index (κ3) is 2.92. The maximum Gasteiger partial charge on any atom is 0.226 e. The number of halogens is 4. The van der Waals surface area contributed by atoms with Crippen LogP contribution in [-0.4, -0.2) is 22.4 Å². The Labute approximate surface area is 153 Å². The molecule has 0 radical (unpaired) electrons. The van der Waals surface area contributed by atoms with Crippen LogP contribution < -0.4 is 15.8 Å². The fourth-order valence-corrected chi connectivity index (χ4v) is 3.12. The van der Waals surface area contributed by atoms with Crippen LogP contribution >= 0.6 is 11.6 Å². The van der Waals surface area contributed by atoms with Gasteiger partial charge in [-0.3, -0.25) is 10.4 Å². The zero-order valence-corrected chi connectivity index (χ0v) is 15.5. The zero-order chi connectivity index (χ0) is 19.4. The summed E-state index contributed by atoms with van der Waals surface area (Å²) in [7, 11) is 0. The summed E-state index contributed by atoms with van der Waals surface area (Å²) in [6.07, 6.45) is 0. The molecule has 0 fully saturated rings. The molecule has 0 saturated heterocycles. The lowest BCUT2D eigenvalue weighted by atomic mass is 9.88. The van der Waals surface area contributed by atoms with Gasteiger partial charge in [0.05, 0.1) is 11.1 Å². The molecule has 0 saturated carbocycles. The van der Waals surface area contributed by atoms with Gasteiger partial charge in [-0.1, -0.05) is 32.4 Å². The molecule has 140 valence electrons. The van der Waals surface area contributed by atoms with Gasteiger partial charge in [0.15, 0.2) is 5.49 Å². The molecule has 1 aliphatic rings. The quantitative estimate of drug-likeness (QED) is 0.772. The Hall–Kier alpha value is -2.22. The van der Waals surface area contributed by atoms with Crippen LogP contribution in [0.15, 0.2) is 12.1 Å². The summed E-state index contributed by atoms with van der Waals surface area (Å²) in [4.78, 5) is 4.14. The van der Waals surface area contributed by atoms with Crippen molar-refractivity contribution in [1.29, 1.82) is 5.41 Å². The van der Waals surface area contributed by atoms with Gasteiger partial charge in [-0.2, -0.15) is 0 Å². The van der Waals surface area contributed by atoms with Crippen molar-refractivity contribution in [2.75, 3.05) is 17.0 Å². The van der Waals surface area contributed by atoms with E-state index in [1.54, 1.807) is 0 Å². The Morgan fingerprint density at radius 3 is 2.31 bits per heavy atom.